The standard InChI is InChI=1S/C17H24F2N2O4/c1-11(12-5-7-13(8-6-12)24-15(18)19)21-14(22)9-10-20-16(23)25-17(2,3)4/h5-8,11,15H,9-10H2,1-4H3,(H,20,23)(H,21,22). The Kier molecular flexibility index (Phi) is 7.60. The highest BCUT2D eigenvalue weighted by Gasteiger charge is 2.16. The number of alkyl carbamates (subject to hydrolysis) is 1. The van der Waals surface area contributed by atoms with Crippen LogP contribution in [0.1, 0.15) is 45.7 Å². The predicted octanol–water partition coefficient (Wildman–Crippen LogP) is 3.38. The molecule has 0 saturated carbocycles. The van der Waals surface area contributed by atoms with Crippen molar-refractivity contribution in [3.05, 3.63) is 29.8 Å². The van der Waals surface area contributed by atoms with Crippen molar-refractivity contribution in [3.63, 3.8) is 0 Å². The Morgan fingerprint density at radius 1 is 1.16 bits per heavy atom. The van der Waals surface area contributed by atoms with E-state index in [1.54, 1.807) is 39.8 Å². The summed E-state index contributed by atoms with van der Waals surface area (Å²) in [7, 11) is 0. The molecule has 1 aromatic rings. The van der Waals surface area contributed by atoms with Gasteiger partial charge in [-0.25, -0.2) is 4.79 Å². The third-order valence-corrected chi connectivity index (χ3v) is 3.00. The van der Waals surface area contributed by atoms with Crippen molar-refractivity contribution in [2.75, 3.05) is 6.54 Å². The van der Waals surface area contributed by atoms with Crippen molar-refractivity contribution < 1.29 is 27.8 Å². The molecule has 0 aliphatic heterocycles. The molecule has 1 aromatic carbocycles. The van der Waals surface area contributed by atoms with Gasteiger partial charge in [-0.05, 0) is 45.4 Å². The molecule has 0 fully saturated rings. The molecule has 140 valence electrons. The molecule has 2 N–H and O–H groups in total. The van der Waals surface area contributed by atoms with Crippen LogP contribution < -0.4 is 15.4 Å². The van der Waals surface area contributed by atoms with Crippen LogP contribution in [0.25, 0.3) is 0 Å². The van der Waals surface area contributed by atoms with Gasteiger partial charge in [-0.1, -0.05) is 12.1 Å². The van der Waals surface area contributed by atoms with Gasteiger partial charge in [-0.3, -0.25) is 4.79 Å². The highest BCUT2D eigenvalue weighted by molar-refractivity contribution is 5.77. The van der Waals surface area contributed by atoms with Gasteiger partial charge in [0.2, 0.25) is 5.91 Å². The minimum Gasteiger partial charge on any atom is -0.444 e. The monoisotopic (exact) mass is 358 g/mol. The molecule has 1 unspecified atom stereocenters. The number of alkyl halides is 2. The largest absolute Gasteiger partial charge is 0.444 e. The second-order valence-corrected chi connectivity index (χ2v) is 6.42. The van der Waals surface area contributed by atoms with Gasteiger partial charge >= 0.3 is 12.7 Å². The maximum Gasteiger partial charge on any atom is 0.407 e. The maximum absolute atomic E-state index is 12.1. The molecule has 1 rings (SSSR count). The van der Waals surface area contributed by atoms with Crippen LogP contribution in [-0.2, 0) is 9.53 Å². The molecule has 0 heterocycles. The summed E-state index contributed by atoms with van der Waals surface area (Å²) in [5, 5.41) is 5.26. The summed E-state index contributed by atoms with van der Waals surface area (Å²) < 4.78 is 33.5. The zero-order chi connectivity index (χ0) is 19.0. The number of hydrogen-bond acceptors (Lipinski definition) is 4. The molecule has 0 aliphatic rings. The van der Waals surface area contributed by atoms with Crippen molar-refractivity contribution >= 4 is 12.0 Å². The Bertz CT molecular complexity index is 571. The lowest BCUT2D eigenvalue weighted by molar-refractivity contribution is -0.121. The lowest BCUT2D eigenvalue weighted by Crippen LogP contribution is -2.35. The average Bonchev–Trinajstić information content (AvgIpc) is 2.45. The lowest BCUT2D eigenvalue weighted by Gasteiger charge is -2.19. The highest BCUT2D eigenvalue weighted by Crippen LogP contribution is 2.19. The van der Waals surface area contributed by atoms with E-state index < -0.39 is 18.3 Å². The fraction of sp³-hybridized carbons (Fsp3) is 0.529. The number of hydrogen-bond donors (Lipinski definition) is 2. The SMILES string of the molecule is CC(NC(=O)CCNC(=O)OC(C)(C)C)c1ccc(OC(F)F)cc1. The maximum atomic E-state index is 12.1. The van der Waals surface area contributed by atoms with Gasteiger partial charge in [0, 0.05) is 13.0 Å². The molecule has 0 bridgehead atoms. The van der Waals surface area contributed by atoms with E-state index in [0.717, 1.165) is 5.56 Å². The number of amides is 2. The number of nitrogens with one attached hydrogen (secondary N) is 2. The van der Waals surface area contributed by atoms with Crippen LogP contribution in [0, 0.1) is 0 Å². The first-order valence-corrected chi connectivity index (χ1v) is 7.88. The number of benzene rings is 1. The predicted molar refractivity (Wildman–Crippen MR) is 88.5 cm³/mol. The van der Waals surface area contributed by atoms with Crippen LogP contribution in [0.5, 0.6) is 5.75 Å². The van der Waals surface area contributed by atoms with E-state index in [1.165, 1.54) is 12.1 Å². The summed E-state index contributed by atoms with van der Waals surface area (Å²) in [6.45, 7) is 4.28. The molecule has 8 heteroatoms. The molecule has 1 atom stereocenters. The number of halogens is 2. The van der Waals surface area contributed by atoms with Crippen LogP contribution in [0.3, 0.4) is 0 Å². The van der Waals surface area contributed by atoms with Gasteiger partial charge in [0.15, 0.2) is 0 Å². The van der Waals surface area contributed by atoms with Crippen molar-refractivity contribution in [2.45, 2.75) is 52.4 Å². The first-order valence-electron chi connectivity index (χ1n) is 7.88. The normalized spacial score (nSPS) is 12.4. The van der Waals surface area contributed by atoms with E-state index in [1.807, 2.05) is 0 Å². The van der Waals surface area contributed by atoms with E-state index in [0.29, 0.717) is 0 Å². The number of carbonyl (C=O) groups is 2. The van der Waals surface area contributed by atoms with Crippen molar-refractivity contribution in [1.82, 2.24) is 10.6 Å². The Hall–Kier alpha value is -2.38. The van der Waals surface area contributed by atoms with Crippen LogP contribution in [0.15, 0.2) is 24.3 Å². The smallest absolute Gasteiger partial charge is 0.407 e. The van der Waals surface area contributed by atoms with Gasteiger partial charge < -0.3 is 20.1 Å². The summed E-state index contributed by atoms with van der Waals surface area (Å²) in [5.41, 5.74) is 0.149. The van der Waals surface area contributed by atoms with Gasteiger partial charge in [-0.2, -0.15) is 8.78 Å². The van der Waals surface area contributed by atoms with Gasteiger partial charge in [0.25, 0.3) is 0 Å². The van der Waals surface area contributed by atoms with Crippen molar-refractivity contribution in [2.24, 2.45) is 0 Å². The van der Waals surface area contributed by atoms with Crippen LogP contribution in [0.4, 0.5) is 13.6 Å². The van der Waals surface area contributed by atoms with E-state index in [4.69, 9.17) is 4.74 Å². The van der Waals surface area contributed by atoms with Crippen LogP contribution in [0.2, 0.25) is 0 Å². The van der Waals surface area contributed by atoms with Crippen LogP contribution in [-0.4, -0.2) is 30.8 Å². The third-order valence-electron chi connectivity index (χ3n) is 3.00. The molecule has 2 amide bonds. The first kappa shape index (κ1) is 20.7. The van der Waals surface area contributed by atoms with Crippen LogP contribution >= 0.6 is 0 Å². The third kappa shape index (κ3) is 8.88. The second-order valence-electron chi connectivity index (χ2n) is 6.42. The van der Waals surface area contributed by atoms with Crippen molar-refractivity contribution in [1.29, 1.82) is 0 Å². The quantitative estimate of drug-likeness (QED) is 0.783. The van der Waals surface area contributed by atoms with E-state index in [-0.39, 0.29) is 30.7 Å². The number of rotatable bonds is 7. The Morgan fingerprint density at radius 3 is 2.28 bits per heavy atom. The van der Waals surface area contributed by atoms with Gasteiger partial charge in [0.1, 0.15) is 11.4 Å². The molecule has 0 aliphatic carbocycles. The first-order chi connectivity index (χ1) is 11.6. The topological polar surface area (TPSA) is 76.7 Å². The Labute approximate surface area is 145 Å². The average molecular weight is 358 g/mol. The molecule has 0 radical (unpaired) electrons. The number of ether oxygens (including phenoxy) is 2. The van der Waals surface area contributed by atoms with E-state index >= 15 is 0 Å². The molecule has 0 aromatic heterocycles. The molecule has 0 saturated heterocycles. The fourth-order valence-electron chi connectivity index (χ4n) is 1.93. The summed E-state index contributed by atoms with van der Waals surface area (Å²) in [4.78, 5) is 23.3. The van der Waals surface area contributed by atoms with E-state index in [2.05, 4.69) is 15.4 Å². The lowest BCUT2D eigenvalue weighted by atomic mass is 10.1. The molecular weight excluding hydrogens is 334 g/mol. The minimum atomic E-state index is -2.87. The fourth-order valence-corrected chi connectivity index (χ4v) is 1.93. The summed E-state index contributed by atoms with van der Waals surface area (Å²) >= 11 is 0. The summed E-state index contributed by atoms with van der Waals surface area (Å²) in [6.07, 6.45) is -0.487. The van der Waals surface area contributed by atoms with Gasteiger partial charge in [0.05, 0.1) is 6.04 Å². The van der Waals surface area contributed by atoms with Gasteiger partial charge in [-0.15, -0.1) is 0 Å². The highest BCUT2D eigenvalue weighted by atomic mass is 19.3. The molecule has 25 heavy (non-hydrogen) atoms. The van der Waals surface area contributed by atoms with Crippen molar-refractivity contribution in [3.8, 4) is 5.75 Å². The zero-order valence-corrected chi connectivity index (χ0v) is 14.8. The zero-order valence-electron chi connectivity index (χ0n) is 14.8. The minimum absolute atomic E-state index is 0.0545. The van der Waals surface area contributed by atoms with E-state index in [9.17, 15) is 18.4 Å². The Balaban J connectivity index is 2.37. The molecule has 6 nitrogen and oxygen atoms in total. The second kappa shape index (κ2) is 9.19. The molecule has 0 spiro atoms. The molecular formula is C17H24F2N2O4. The Morgan fingerprint density at radius 2 is 1.76 bits per heavy atom. The summed E-state index contributed by atoms with van der Waals surface area (Å²) in [5.74, 6) is -0.199. The number of carbonyl (C=O) groups excluding carboxylic acids is 2. The summed E-state index contributed by atoms with van der Waals surface area (Å²) in [6, 6.07) is 5.71.